The first-order chi connectivity index (χ1) is 12.7. The van der Waals surface area contributed by atoms with Crippen LogP contribution < -0.4 is 10.9 Å². The first-order valence-electron chi connectivity index (χ1n) is 7.66. The molecule has 0 unspecified atom stereocenters. The second-order valence-corrected chi connectivity index (χ2v) is 8.16. The molecule has 150 valence electrons. The van der Waals surface area contributed by atoms with Gasteiger partial charge in [-0.1, -0.05) is 0 Å². The third kappa shape index (κ3) is 5.04. The number of halogens is 4. The minimum atomic E-state index is -4.74. The predicted octanol–water partition coefficient (Wildman–Crippen LogP) is 0.0563. The highest BCUT2D eigenvalue weighted by molar-refractivity contribution is 7.91. The fourth-order valence-electron chi connectivity index (χ4n) is 2.21. The molecule has 0 radical (unpaired) electrons. The summed E-state index contributed by atoms with van der Waals surface area (Å²) in [6, 6.07) is 4.22. The number of alkyl halides is 3. The molecule has 0 bridgehead atoms. The molecule has 1 aromatic carbocycles. The van der Waals surface area contributed by atoms with Crippen LogP contribution >= 0.6 is 0 Å². The number of carbonyl (C=O) groups excluding carboxylic acids is 1. The third-order valence-electron chi connectivity index (χ3n) is 3.66. The molecule has 0 fully saturated rings. The van der Waals surface area contributed by atoms with E-state index in [0.29, 0.717) is 6.07 Å². The summed E-state index contributed by atoms with van der Waals surface area (Å²) in [6.07, 6.45) is -4.74. The first kappa shape index (κ1) is 21.8. The number of aromatic nitrogens is 2. The smallest absolute Gasteiger partial charge is 0.379 e. The highest BCUT2D eigenvalue weighted by Gasteiger charge is 2.38. The van der Waals surface area contributed by atoms with E-state index in [1.54, 1.807) is 0 Å². The lowest BCUT2D eigenvalue weighted by atomic mass is 9.98. The average Bonchev–Trinajstić information content (AvgIpc) is 2.55. The predicted molar refractivity (Wildman–Crippen MR) is 92.9 cm³/mol. The van der Waals surface area contributed by atoms with Gasteiger partial charge in [0.15, 0.2) is 29.1 Å². The lowest BCUT2D eigenvalue weighted by molar-refractivity contribution is -0.137. The number of rotatable bonds is 5. The molecule has 0 saturated heterocycles. The van der Waals surface area contributed by atoms with Crippen molar-refractivity contribution in [1.29, 1.82) is 0 Å². The molecule has 1 aromatic heterocycles. The summed E-state index contributed by atoms with van der Waals surface area (Å²) >= 11 is 0. The summed E-state index contributed by atoms with van der Waals surface area (Å²) in [5, 5.41) is 18.8. The van der Waals surface area contributed by atoms with Crippen LogP contribution in [0, 0.1) is 5.82 Å². The summed E-state index contributed by atoms with van der Waals surface area (Å²) in [7, 11) is -3.13. The minimum Gasteiger partial charge on any atom is -0.379 e. The van der Waals surface area contributed by atoms with Crippen molar-refractivity contribution in [2.45, 2.75) is 23.6 Å². The summed E-state index contributed by atoms with van der Waals surface area (Å²) < 4.78 is 76.2. The summed E-state index contributed by atoms with van der Waals surface area (Å²) in [5.41, 5.74) is -4.08. The average molecular weight is 419 g/mol. The van der Waals surface area contributed by atoms with Crippen LogP contribution in [0.1, 0.15) is 12.5 Å². The largest absolute Gasteiger partial charge is 0.417 e. The van der Waals surface area contributed by atoms with Crippen LogP contribution in [-0.4, -0.2) is 48.8 Å². The maximum Gasteiger partial charge on any atom is 0.417 e. The number of amides is 1. The fourth-order valence-corrected chi connectivity index (χ4v) is 3.80. The fraction of sp³-hybridized carbons (Fsp3) is 0.267. The monoisotopic (exact) mass is 419 g/mol. The van der Waals surface area contributed by atoms with Gasteiger partial charge in [0.05, 0.1) is 16.2 Å². The van der Waals surface area contributed by atoms with Gasteiger partial charge in [0, 0.05) is 5.59 Å². The molecular formula is C15H14BF4N3O4S. The van der Waals surface area contributed by atoms with Gasteiger partial charge < -0.3 is 10.4 Å². The van der Waals surface area contributed by atoms with E-state index in [4.69, 9.17) is 0 Å². The summed E-state index contributed by atoms with van der Waals surface area (Å²) in [5.74, 6) is -3.68. The van der Waals surface area contributed by atoms with Gasteiger partial charge in [-0.15, -0.1) is 5.10 Å². The molecule has 0 spiro atoms. The van der Waals surface area contributed by atoms with Crippen molar-refractivity contribution in [2.75, 3.05) is 11.1 Å². The van der Waals surface area contributed by atoms with E-state index < -0.39 is 56.1 Å². The van der Waals surface area contributed by atoms with Crippen LogP contribution in [-0.2, 0) is 20.8 Å². The second-order valence-electron chi connectivity index (χ2n) is 6.17. The van der Waals surface area contributed by atoms with Gasteiger partial charge in [-0.2, -0.15) is 18.3 Å². The first-order valence-corrected chi connectivity index (χ1v) is 9.31. The zero-order valence-electron chi connectivity index (χ0n) is 14.6. The van der Waals surface area contributed by atoms with E-state index in [-0.39, 0.29) is 4.90 Å². The number of benzene rings is 1. The Balaban J connectivity index is 2.22. The lowest BCUT2D eigenvalue weighted by Gasteiger charge is -2.22. The maximum atomic E-state index is 12.9. The van der Waals surface area contributed by atoms with Gasteiger partial charge in [-0.25, -0.2) is 12.8 Å². The quantitative estimate of drug-likeness (QED) is 0.403. The molecule has 1 atom stereocenters. The van der Waals surface area contributed by atoms with Gasteiger partial charge >= 0.3 is 6.18 Å². The van der Waals surface area contributed by atoms with Crippen LogP contribution in [0.15, 0.2) is 35.2 Å². The van der Waals surface area contributed by atoms with E-state index in [0.717, 1.165) is 39.0 Å². The third-order valence-corrected chi connectivity index (χ3v) is 5.59. The molecule has 0 saturated carbocycles. The normalized spacial score (nSPS) is 14.4. The Labute approximate surface area is 158 Å². The highest BCUT2D eigenvalue weighted by Crippen LogP contribution is 2.28. The number of aliphatic hydroxyl groups is 1. The summed E-state index contributed by atoms with van der Waals surface area (Å²) in [4.78, 5) is 11.9. The van der Waals surface area contributed by atoms with Crippen LogP contribution in [0.2, 0.25) is 0 Å². The zero-order valence-corrected chi connectivity index (χ0v) is 15.4. The van der Waals surface area contributed by atoms with Crippen molar-refractivity contribution in [2.24, 2.45) is 0 Å². The van der Waals surface area contributed by atoms with Gasteiger partial charge in [-0.3, -0.25) is 4.79 Å². The molecule has 1 heterocycles. The molecule has 2 aromatic rings. The Morgan fingerprint density at radius 1 is 1.21 bits per heavy atom. The van der Waals surface area contributed by atoms with Crippen molar-refractivity contribution in [3.8, 4) is 0 Å². The van der Waals surface area contributed by atoms with Gasteiger partial charge in [0.1, 0.15) is 5.82 Å². The zero-order chi connectivity index (χ0) is 21.3. The molecule has 13 heteroatoms. The Hall–Kier alpha value is -2.54. The molecule has 7 nitrogen and oxygen atoms in total. The molecule has 1 amide bonds. The van der Waals surface area contributed by atoms with E-state index in [1.807, 2.05) is 5.32 Å². The Morgan fingerprint density at radius 3 is 2.32 bits per heavy atom. The lowest BCUT2D eigenvalue weighted by Crippen LogP contribution is -2.46. The SMILES string of the molecule is Bc1nnc(NC(=O)[C@@](C)(O)CS(=O)(=O)c2ccc(F)cc2)cc1C(F)(F)F. The van der Waals surface area contributed by atoms with Crippen molar-refractivity contribution < 1.29 is 35.9 Å². The van der Waals surface area contributed by atoms with E-state index in [2.05, 4.69) is 10.2 Å². The number of hydrogen-bond donors (Lipinski definition) is 2. The molecule has 0 aliphatic rings. The van der Waals surface area contributed by atoms with Crippen LogP contribution in [0.4, 0.5) is 23.4 Å². The highest BCUT2D eigenvalue weighted by atomic mass is 32.2. The minimum absolute atomic E-state index is 0.337. The molecule has 28 heavy (non-hydrogen) atoms. The second kappa shape index (κ2) is 7.47. The summed E-state index contributed by atoms with van der Waals surface area (Å²) in [6.45, 7) is 0.871. The van der Waals surface area contributed by atoms with Crippen LogP contribution in [0.25, 0.3) is 0 Å². The van der Waals surface area contributed by atoms with Crippen molar-refractivity contribution >= 4 is 35.0 Å². The van der Waals surface area contributed by atoms with Gasteiger partial charge in [0.2, 0.25) is 0 Å². The Bertz CT molecular complexity index is 995. The van der Waals surface area contributed by atoms with E-state index in [9.17, 15) is 35.9 Å². The van der Waals surface area contributed by atoms with E-state index >= 15 is 0 Å². The molecule has 0 aliphatic carbocycles. The topological polar surface area (TPSA) is 109 Å². The van der Waals surface area contributed by atoms with Crippen LogP contribution in [0.3, 0.4) is 0 Å². The number of sulfone groups is 1. The molecule has 2 rings (SSSR count). The van der Waals surface area contributed by atoms with E-state index in [1.165, 1.54) is 0 Å². The van der Waals surface area contributed by atoms with Gasteiger partial charge in [-0.05, 0) is 37.3 Å². The maximum absolute atomic E-state index is 12.9. The van der Waals surface area contributed by atoms with Crippen molar-refractivity contribution in [1.82, 2.24) is 10.2 Å². The Kier molecular flexibility index (Phi) is 5.81. The number of nitrogens with one attached hydrogen (secondary N) is 1. The van der Waals surface area contributed by atoms with Crippen molar-refractivity contribution in [3.05, 3.63) is 41.7 Å². The number of anilines is 1. The number of nitrogens with zero attached hydrogens (tertiary/aromatic N) is 2. The van der Waals surface area contributed by atoms with Crippen LogP contribution in [0.5, 0.6) is 0 Å². The standard InChI is InChI=1S/C15H14BF4N3O4S/c1-14(25,7-28(26,27)9-4-2-8(17)3-5-9)13(24)21-11-6-10(15(18,19)20)12(16)23-22-11/h2-6,25H,7,16H2,1H3,(H,21,22,24)/t14-/m0/s1. The molecule has 0 aliphatic heterocycles. The van der Waals surface area contributed by atoms with Gasteiger partial charge in [0.25, 0.3) is 5.91 Å². The van der Waals surface area contributed by atoms with Crippen molar-refractivity contribution in [3.63, 3.8) is 0 Å². The Morgan fingerprint density at radius 2 is 1.79 bits per heavy atom. The number of carbonyl (C=O) groups is 1. The molecule has 2 N–H and O–H groups in total. The number of hydrogen-bond acceptors (Lipinski definition) is 6. The molecular weight excluding hydrogens is 405 g/mol.